The van der Waals surface area contributed by atoms with Crippen LogP contribution in [0.5, 0.6) is 0 Å². The molecule has 0 saturated heterocycles. The average molecular weight is 793 g/mol. The molecule has 62 heavy (non-hydrogen) atoms. The predicted molar refractivity (Wildman–Crippen MR) is 264 cm³/mol. The zero-order valence-electron chi connectivity index (χ0n) is 35.1. The van der Waals surface area contributed by atoms with Gasteiger partial charge in [-0.05, 0) is 150 Å². The van der Waals surface area contributed by atoms with Crippen LogP contribution in [-0.2, 0) is 5.41 Å². The monoisotopic (exact) mass is 792 g/mol. The van der Waals surface area contributed by atoms with Crippen molar-refractivity contribution in [3.63, 3.8) is 0 Å². The number of hydrogen-bond acceptors (Lipinski definition) is 1. The maximum Gasteiger partial charge on any atom is 0.0546 e. The van der Waals surface area contributed by atoms with Crippen LogP contribution in [0.15, 0.2) is 212 Å². The molecule has 2 heteroatoms. The van der Waals surface area contributed by atoms with Gasteiger partial charge in [0.25, 0.3) is 0 Å². The molecule has 12 rings (SSSR count). The van der Waals surface area contributed by atoms with Crippen molar-refractivity contribution >= 4 is 60.4 Å². The second kappa shape index (κ2) is 13.9. The number of aromatic nitrogens is 1. The lowest BCUT2D eigenvalue weighted by molar-refractivity contribution is 0.590. The van der Waals surface area contributed by atoms with E-state index in [9.17, 15) is 0 Å². The first-order chi connectivity index (χ1) is 30.4. The summed E-state index contributed by atoms with van der Waals surface area (Å²) in [5.41, 5.74) is 18.4. The number of fused-ring (bicyclic) bond motifs is 9. The third kappa shape index (κ3) is 5.86. The average Bonchev–Trinajstić information content (AvgIpc) is 3.65. The summed E-state index contributed by atoms with van der Waals surface area (Å²) in [7, 11) is 0. The highest BCUT2D eigenvalue weighted by Crippen LogP contribution is 2.52. The Morgan fingerprint density at radius 2 is 0.903 bits per heavy atom. The number of hydrogen-bond donors (Lipinski definition) is 0. The van der Waals surface area contributed by atoms with Crippen molar-refractivity contribution in [2.75, 3.05) is 4.90 Å². The fraction of sp³-hybridized carbons (Fsp3) is 0.0667. The van der Waals surface area contributed by atoms with Crippen molar-refractivity contribution in [3.05, 3.63) is 218 Å². The molecule has 2 nitrogen and oxygen atoms in total. The van der Waals surface area contributed by atoms with E-state index in [4.69, 9.17) is 0 Å². The topological polar surface area (TPSA) is 8.17 Å². The van der Waals surface area contributed by atoms with E-state index in [1.54, 1.807) is 0 Å². The minimum atomic E-state index is -0.00825. The summed E-state index contributed by atoms with van der Waals surface area (Å²) < 4.78 is 2.41. The van der Waals surface area contributed by atoms with E-state index < -0.39 is 0 Å². The lowest BCUT2D eigenvalue weighted by Crippen LogP contribution is -2.15. The van der Waals surface area contributed by atoms with Gasteiger partial charge in [0.2, 0.25) is 0 Å². The van der Waals surface area contributed by atoms with Crippen LogP contribution in [0.4, 0.5) is 17.1 Å². The van der Waals surface area contributed by atoms with Gasteiger partial charge in [-0.3, -0.25) is 0 Å². The van der Waals surface area contributed by atoms with Gasteiger partial charge in [0.15, 0.2) is 0 Å². The summed E-state index contributed by atoms with van der Waals surface area (Å²) in [5, 5.41) is 7.54. The highest BCUT2D eigenvalue weighted by molar-refractivity contribution is 6.13. The first-order valence-corrected chi connectivity index (χ1v) is 21.7. The fourth-order valence-corrected chi connectivity index (χ4v) is 9.81. The molecule has 0 bridgehead atoms. The fourth-order valence-electron chi connectivity index (χ4n) is 9.81. The Balaban J connectivity index is 0.993. The lowest BCUT2D eigenvalue weighted by atomic mass is 9.78. The highest BCUT2D eigenvalue weighted by Gasteiger charge is 2.26. The summed E-state index contributed by atoms with van der Waals surface area (Å²) >= 11 is 0. The zero-order valence-corrected chi connectivity index (χ0v) is 35.1. The smallest absolute Gasteiger partial charge is 0.0546 e. The van der Waals surface area contributed by atoms with Gasteiger partial charge in [-0.1, -0.05) is 154 Å². The minimum absolute atomic E-state index is 0.00825. The van der Waals surface area contributed by atoms with Gasteiger partial charge in [-0.25, -0.2) is 0 Å². The summed E-state index contributed by atoms with van der Waals surface area (Å²) in [4.78, 5) is 2.47. The minimum Gasteiger partial charge on any atom is -0.310 e. The normalized spacial score (nSPS) is 12.1. The molecule has 1 aromatic heterocycles. The van der Waals surface area contributed by atoms with Crippen LogP contribution < -0.4 is 4.90 Å². The first-order valence-electron chi connectivity index (χ1n) is 21.7. The van der Waals surface area contributed by atoms with E-state index in [1.807, 2.05) is 0 Å². The molecule has 0 aliphatic heterocycles. The molecular formula is C60H44N2. The van der Waals surface area contributed by atoms with Crippen LogP contribution in [0.25, 0.3) is 93.5 Å². The van der Waals surface area contributed by atoms with Crippen LogP contribution in [0.3, 0.4) is 0 Å². The molecule has 0 amide bonds. The molecule has 0 atom stereocenters. The Hall–Kier alpha value is -7.68. The molecule has 0 radical (unpaired) electrons. The lowest BCUT2D eigenvalue weighted by Gasteiger charge is -2.31. The Labute approximate surface area is 362 Å². The number of anilines is 3. The molecule has 0 N–H and O–H groups in total. The molecule has 0 spiro atoms. The van der Waals surface area contributed by atoms with Crippen molar-refractivity contribution in [3.8, 4) is 50.2 Å². The van der Waals surface area contributed by atoms with Gasteiger partial charge in [-0.2, -0.15) is 0 Å². The molecule has 0 fully saturated rings. The summed E-state index contributed by atoms with van der Waals surface area (Å²) in [6, 6.07) is 78.6. The van der Waals surface area contributed by atoms with Gasteiger partial charge in [-0.15, -0.1) is 0 Å². The predicted octanol–water partition coefficient (Wildman–Crippen LogP) is 16.8. The van der Waals surface area contributed by atoms with E-state index in [0.29, 0.717) is 0 Å². The van der Waals surface area contributed by atoms with Crippen molar-refractivity contribution in [1.82, 2.24) is 4.57 Å². The SMILES string of the molecule is CC(C)(C)c1cccc(N(c2ccc3cc4c(cc3c2)-c2cc3ccc(-n5c6ccccc6c6ccccc65)cc3cc2-4)c2cc(-c3ccccc3)ccc2-c2ccccc2)c1. The molecule has 294 valence electrons. The van der Waals surface area contributed by atoms with Crippen LogP contribution in [0.2, 0.25) is 0 Å². The number of nitrogens with zero attached hydrogens (tertiary/aromatic N) is 2. The van der Waals surface area contributed by atoms with Gasteiger partial charge in [0.1, 0.15) is 0 Å². The molecule has 11 aromatic rings. The maximum absolute atomic E-state index is 2.47. The van der Waals surface area contributed by atoms with Crippen LogP contribution >= 0.6 is 0 Å². The van der Waals surface area contributed by atoms with Gasteiger partial charge < -0.3 is 9.47 Å². The standard InChI is InChI=1S/C60H44N2/c1-60(2,3)46-19-14-20-47(38-46)61(59-37-43(39-15-6-4-7-16-39)27-30-50(59)40-17-8-5-9-18-40)48-28-25-41-33-53-55(35-44(41)31-48)54-34-42-26-29-49(32-45(42)36-56(53)54)62-57-23-12-10-21-51(57)52-22-11-13-24-58(52)62/h4-38H,1-3H3. The van der Waals surface area contributed by atoms with Crippen molar-refractivity contribution < 1.29 is 0 Å². The Morgan fingerprint density at radius 1 is 0.355 bits per heavy atom. The van der Waals surface area contributed by atoms with E-state index in [0.717, 1.165) is 17.1 Å². The molecule has 0 unspecified atom stereocenters. The Morgan fingerprint density at radius 3 is 1.55 bits per heavy atom. The van der Waals surface area contributed by atoms with E-state index in [2.05, 4.69) is 243 Å². The quantitative estimate of drug-likeness (QED) is 0.163. The number of para-hydroxylation sites is 2. The summed E-state index contributed by atoms with van der Waals surface area (Å²) in [6.07, 6.45) is 0. The summed E-state index contributed by atoms with van der Waals surface area (Å²) in [5.74, 6) is 0. The molecule has 10 aromatic carbocycles. The highest BCUT2D eigenvalue weighted by atomic mass is 15.1. The van der Waals surface area contributed by atoms with Crippen molar-refractivity contribution in [2.45, 2.75) is 26.2 Å². The third-order valence-electron chi connectivity index (χ3n) is 13.0. The van der Waals surface area contributed by atoms with Crippen LogP contribution in [0.1, 0.15) is 26.3 Å². The summed E-state index contributed by atoms with van der Waals surface area (Å²) in [6.45, 7) is 6.88. The first kappa shape index (κ1) is 36.2. The second-order valence-corrected chi connectivity index (χ2v) is 17.8. The molecule has 1 aliphatic rings. The van der Waals surface area contributed by atoms with E-state index in [1.165, 1.54) is 99.1 Å². The van der Waals surface area contributed by atoms with Gasteiger partial charge in [0.05, 0.1) is 16.7 Å². The molecule has 0 saturated carbocycles. The number of rotatable bonds is 6. The molecule has 1 heterocycles. The van der Waals surface area contributed by atoms with Crippen molar-refractivity contribution in [2.24, 2.45) is 0 Å². The zero-order chi connectivity index (χ0) is 41.5. The maximum atomic E-state index is 2.47. The Bertz CT molecular complexity index is 3500. The second-order valence-electron chi connectivity index (χ2n) is 17.8. The van der Waals surface area contributed by atoms with E-state index >= 15 is 0 Å². The van der Waals surface area contributed by atoms with Crippen molar-refractivity contribution in [1.29, 1.82) is 0 Å². The molecular weight excluding hydrogens is 749 g/mol. The van der Waals surface area contributed by atoms with E-state index in [-0.39, 0.29) is 5.41 Å². The van der Waals surface area contributed by atoms with Gasteiger partial charge in [0, 0.05) is 33.4 Å². The largest absolute Gasteiger partial charge is 0.310 e. The van der Waals surface area contributed by atoms with Crippen LogP contribution in [0, 0.1) is 0 Å². The van der Waals surface area contributed by atoms with Gasteiger partial charge >= 0.3 is 0 Å². The third-order valence-corrected chi connectivity index (χ3v) is 13.0. The molecule has 1 aliphatic carbocycles. The Kier molecular flexibility index (Phi) is 8.14. The van der Waals surface area contributed by atoms with Crippen LogP contribution in [-0.4, -0.2) is 4.57 Å². The number of benzene rings is 10.